The van der Waals surface area contributed by atoms with Gasteiger partial charge in [0.25, 0.3) is 0 Å². The van der Waals surface area contributed by atoms with Gasteiger partial charge >= 0.3 is 0 Å². The molecule has 0 aliphatic rings. The van der Waals surface area contributed by atoms with E-state index in [9.17, 15) is 8.78 Å². The molecule has 0 spiro atoms. The zero-order chi connectivity index (χ0) is 13.6. The van der Waals surface area contributed by atoms with Crippen molar-refractivity contribution >= 4 is 28.8 Å². The Bertz CT molecular complexity index is 784. The van der Waals surface area contributed by atoms with Crippen LogP contribution in [0.15, 0.2) is 36.7 Å². The van der Waals surface area contributed by atoms with Crippen molar-refractivity contribution in [3.63, 3.8) is 0 Å². The molecule has 0 radical (unpaired) electrons. The van der Waals surface area contributed by atoms with E-state index in [0.29, 0.717) is 21.4 Å². The van der Waals surface area contributed by atoms with Crippen molar-refractivity contribution in [2.24, 2.45) is 0 Å². The number of pyridine rings is 1. The normalized spacial score (nSPS) is 11.2. The van der Waals surface area contributed by atoms with Gasteiger partial charge in [0.15, 0.2) is 5.65 Å². The Labute approximate surface area is 117 Å². The van der Waals surface area contributed by atoms with Gasteiger partial charge in [-0.1, -0.05) is 23.2 Å². The molecular weight excluding hydrogens is 293 g/mol. The van der Waals surface area contributed by atoms with Crippen molar-refractivity contribution in [2.45, 2.75) is 0 Å². The first-order valence-corrected chi connectivity index (χ1v) is 6.09. The first kappa shape index (κ1) is 12.4. The van der Waals surface area contributed by atoms with Crippen molar-refractivity contribution in [3.05, 3.63) is 58.3 Å². The summed E-state index contributed by atoms with van der Waals surface area (Å²) in [6.45, 7) is 0. The average Bonchev–Trinajstić information content (AvgIpc) is 2.76. The minimum absolute atomic E-state index is 0.0795. The third-order valence-electron chi connectivity index (χ3n) is 2.68. The van der Waals surface area contributed by atoms with Gasteiger partial charge in [-0.3, -0.25) is 0 Å². The monoisotopic (exact) mass is 298 g/mol. The number of hydrogen-bond donors (Lipinski definition) is 0. The van der Waals surface area contributed by atoms with Crippen LogP contribution in [0.25, 0.3) is 16.9 Å². The number of benzene rings is 1. The lowest BCUT2D eigenvalue weighted by Crippen LogP contribution is -1.86. The number of aromatic nitrogens is 2. The second kappa shape index (κ2) is 4.47. The fraction of sp³-hybridized carbons (Fsp3) is 0. The molecule has 6 heteroatoms. The molecule has 19 heavy (non-hydrogen) atoms. The molecule has 0 N–H and O–H groups in total. The van der Waals surface area contributed by atoms with E-state index in [2.05, 4.69) is 4.98 Å². The van der Waals surface area contributed by atoms with E-state index in [1.165, 1.54) is 6.07 Å². The molecule has 0 saturated heterocycles. The maximum atomic E-state index is 13.7. The van der Waals surface area contributed by atoms with Gasteiger partial charge in [-0.15, -0.1) is 0 Å². The Kier molecular flexibility index (Phi) is 2.92. The summed E-state index contributed by atoms with van der Waals surface area (Å²) in [4.78, 5) is 4.19. The second-order valence-electron chi connectivity index (χ2n) is 3.99. The van der Waals surface area contributed by atoms with E-state index in [0.717, 1.165) is 18.2 Å². The topological polar surface area (TPSA) is 17.3 Å². The first-order valence-electron chi connectivity index (χ1n) is 5.34. The van der Waals surface area contributed by atoms with Gasteiger partial charge in [0.1, 0.15) is 11.6 Å². The highest BCUT2D eigenvalue weighted by Crippen LogP contribution is 2.27. The number of hydrogen-bond acceptors (Lipinski definition) is 1. The van der Waals surface area contributed by atoms with Gasteiger partial charge in [0.05, 0.1) is 15.7 Å². The van der Waals surface area contributed by atoms with Crippen molar-refractivity contribution < 1.29 is 8.78 Å². The summed E-state index contributed by atoms with van der Waals surface area (Å²) in [5.74, 6) is -1.08. The number of halogens is 4. The molecule has 0 aliphatic heterocycles. The smallest absolute Gasteiger partial charge is 0.156 e. The van der Waals surface area contributed by atoms with Crippen LogP contribution in [0.4, 0.5) is 8.78 Å². The van der Waals surface area contributed by atoms with Crippen LogP contribution >= 0.6 is 23.2 Å². The van der Waals surface area contributed by atoms with Crippen molar-refractivity contribution in [2.75, 3.05) is 0 Å². The first-order chi connectivity index (χ1) is 9.04. The zero-order valence-corrected chi connectivity index (χ0v) is 10.9. The van der Waals surface area contributed by atoms with Crippen molar-refractivity contribution in [1.82, 2.24) is 9.38 Å². The van der Waals surface area contributed by atoms with Gasteiger partial charge in [0.2, 0.25) is 0 Å². The van der Waals surface area contributed by atoms with Gasteiger partial charge in [-0.2, -0.15) is 0 Å². The van der Waals surface area contributed by atoms with E-state index < -0.39 is 11.6 Å². The van der Waals surface area contributed by atoms with Gasteiger partial charge in [-0.25, -0.2) is 13.8 Å². The van der Waals surface area contributed by atoms with Crippen molar-refractivity contribution in [1.29, 1.82) is 0 Å². The predicted octanol–water partition coefficient (Wildman–Crippen LogP) is 4.59. The summed E-state index contributed by atoms with van der Waals surface area (Å²) in [6, 6.07) is 4.74. The second-order valence-corrected chi connectivity index (χ2v) is 4.83. The Morgan fingerprint density at radius 1 is 1.05 bits per heavy atom. The maximum absolute atomic E-state index is 13.7. The van der Waals surface area contributed by atoms with E-state index in [1.807, 2.05) is 0 Å². The number of fused-ring (bicyclic) bond motifs is 1. The van der Waals surface area contributed by atoms with Crippen LogP contribution in [0.3, 0.4) is 0 Å². The highest BCUT2D eigenvalue weighted by Gasteiger charge is 2.12. The molecule has 0 amide bonds. The van der Waals surface area contributed by atoms with Gasteiger partial charge < -0.3 is 4.40 Å². The highest BCUT2D eigenvalue weighted by atomic mass is 35.5. The third kappa shape index (κ3) is 2.17. The molecule has 0 bridgehead atoms. The summed E-state index contributed by atoms with van der Waals surface area (Å²) in [6.07, 6.45) is 3.14. The molecule has 96 valence electrons. The van der Waals surface area contributed by atoms with Gasteiger partial charge in [0, 0.05) is 18.0 Å². The van der Waals surface area contributed by atoms with Crippen LogP contribution < -0.4 is 0 Å². The fourth-order valence-electron chi connectivity index (χ4n) is 1.85. The molecule has 0 unspecified atom stereocenters. The molecule has 2 nitrogen and oxygen atoms in total. The molecule has 2 heterocycles. The van der Waals surface area contributed by atoms with E-state index in [4.69, 9.17) is 23.2 Å². The zero-order valence-electron chi connectivity index (χ0n) is 9.37. The summed E-state index contributed by atoms with van der Waals surface area (Å²) < 4.78 is 28.4. The Morgan fingerprint density at radius 2 is 1.84 bits per heavy atom. The molecule has 0 atom stereocenters. The molecular formula is C13H6Cl2F2N2. The quantitative estimate of drug-likeness (QED) is 0.642. The minimum atomic E-state index is -0.549. The van der Waals surface area contributed by atoms with E-state index in [-0.39, 0.29) is 5.56 Å². The molecule has 0 saturated carbocycles. The fourth-order valence-corrected chi connectivity index (χ4v) is 2.38. The summed E-state index contributed by atoms with van der Waals surface area (Å²) in [5, 5.41) is 0.775. The van der Waals surface area contributed by atoms with E-state index in [1.54, 1.807) is 16.8 Å². The molecule has 3 rings (SSSR count). The number of imidazole rings is 1. The molecule has 0 fully saturated rings. The number of rotatable bonds is 1. The molecule has 3 aromatic rings. The van der Waals surface area contributed by atoms with Gasteiger partial charge in [-0.05, 0) is 24.3 Å². The molecule has 1 aromatic carbocycles. The standard InChI is InChI=1S/C13H6Cl2F2N2/c14-7-3-10(15)13-18-12(6-19(13)5-7)9-4-8(16)1-2-11(9)17/h1-6H. The lowest BCUT2D eigenvalue weighted by molar-refractivity contribution is 0.603. The summed E-state index contributed by atoms with van der Waals surface area (Å²) in [5.41, 5.74) is 0.807. The van der Waals surface area contributed by atoms with Crippen LogP contribution in [0.1, 0.15) is 0 Å². The number of nitrogens with zero attached hydrogens (tertiary/aromatic N) is 2. The summed E-state index contributed by atoms with van der Waals surface area (Å²) >= 11 is 11.9. The van der Waals surface area contributed by atoms with Crippen LogP contribution in [0.2, 0.25) is 10.0 Å². The Morgan fingerprint density at radius 3 is 2.63 bits per heavy atom. The minimum Gasteiger partial charge on any atom is -0.304 e. The van der Waals surface area contributed by atoms with Crippen LogP contribution in [-0.4, -0.2) is 9.38 Å². The Balaban J connectivity index is 2.26. The van der Waals surface area contributed by atoms with Crippen LogP contribution in [0.5, 0.6) is 0 Å². The van der Waals surface area contributed by atoms with Crippen LogP contribution in [0, 0.1) is 11.6 Å². The highest BCUT2D eigenvalue weighted by molar-refractivity contribution is 6.36. The van der Waals surface area contributed by atoms with E-state index >= 15 is 0 Å². The molecule has 2 aromatic heterocycles. The predicted molar refractivity (Wildman–Crippen MR) is 70.6 cm³/mol. The largest absolute Gasteiger partial charge is 0.304 e. The lowest BCUT2D eigenvalue weighted by Gasteiger charge is -1.98. The van der Waals surface area contributed by atoms with Crippen molar-refractivity contribution in [3.8, 4) is 11.3 Å². The maximum Gasteiger partial charge on any atom is 0.156 e. The Hall–Kier alpha value is -1.65. The molecule has 0 aliphatic carbocycles. The SMILES string of the molecule is Fc1ccc(F)c(-c2cn3cc(Cl)cc(Cl)c3n2)c1. The van der Waals surface area contributed by atoms with Crippen LogP contribution in [-0.2, 0) is 0 Å². The lowest BCUT2D eigenvalue weighted by atomic mass is 10.1. The average molecular weight is 299 g/mol. The third-order valence-corrected chi connectivity index (χ3v) is 3.16. The summed E-state index contributed by atoms with van der Waals surface area (Å²) in [7, 11) is 0.